The van der Waals surface area contributed by atoms with Crippen molar-refractivity contribution >= 4 is 22.9 Å². The summed E-state index contributed by atoms with van der Waals surface area (Å²) < 4.78 is 6.77. The first kappa shape index (κ1) is 14.9. The topological polar surface area (TPSA) is 73.4 Å². The number of aromatic nitrogens is 2. The lowest BCUT2D eigenvalue weighted by molar-refractivity contribution is 0.121. The molecule has 0 aliphatic carbocycles. The second-order valence-electron chi connectivity index (χ2n) is 4.94. The van der Waals surface area contributed by atoms with E-state index in [1.54, 1.807) is 19.4 Å². The number of aryl methyl sites for hydroxylation is 1. The van der Waals surface area contributed by atoms with E-state index >= 15 is 0 Å². The predicted octanol–water partition coefficient (Wildman–Crippen LogP) is 0.535. The van der Waals surface area contributed by atoms with Crippen LogP contribution in [0, 0.1) is 0 Å². The Hall–Kier alpha value is -1.47. The molecule has 0 bridgehead atoms. The minimum absolute atomic E-state index is 0.0914. The number of nitrogens with two attached hydrogens (primary N) is 1. The molecule has 1 aliphatic rings. The quantitative estimate of drug-likeness (QED) is 0.772. The minimum atomic E-state index is -0.0914. The molecule has 0 amide bonds. The predicted molar refractivity (Wildman–Crippen MR) is 82.1 cm³/mol. The molecule has 0 aromatic carbocycles. The number of hydrogen-bond donors (Lipinski definition) is 1. The molecule has 1 unspecified atom stereocenters. The van der Waals surface area contributed by atoms with Crippen molar-refractivity contribution in [3.05, 3.63) is 22.6 Å². The summed E-state index contributed by atoms with van der Waals surface area (Å²) in [6.07, 6.45) is 4.32. The van der Waals surface area contributed by atoms with Crippen LogP contribution in [-0.4, -0.2) is 41.1 Å². The molecule has 7 heteroatoms. The van der Waals surface area contributed by atoms with Gasteiger partial charge < -0.3 is 15.4 Å². The third kappa shape index (κ3) is 3.77. The zero-order valence-electron chi connectivity index (χ0n) is 11.6. The normalized spacial score (nSPS) is 18.4. The SMILES string of the molecule is COC1CCN(c2cnn(CCCC(N)=S)c(=O)c2)C1. The number of thiocarbonyl (C=S) groups is 1. The van der Waals surface area contributed by atoms with Crippen LogP contribution >= 0.6 is 12.2 Å². The molecule has 1 atom stereocenters. The second kappa shape index (κ2) is 6.81. The Morgan fingerprint density at radius 2 is 2.45 bits per heavy atom. The molecule has 2 heterocycles. The van der Waals surface area contributed by atoms with Crippen molar-refractivity contribution in [1.29, 1.82) is 0 Å². The van der Waals surface area contributed by atoms with Gasteiger partial charge in [0, 0.05) is 32.8 Å². The molecule has 2 N–H and O–H groups in total. The Bertz CT molecular complexity index is 531. The average molecular weight is 296 g/mol. The molecule has 0 spiro atoms. The summed E-state index contributed by atoms with van der Waals surface area (Å²) in [5, 5.41) is 4.21. The van der Waals surface area contributed by atoms with Crippen molar-refractivity contribution in [2.45, 2.75) is 31.9 Å². The van der Waals surface area contributed by atoms with Crippen molar-refractivity contribution in [3.63, 3.8) is 0 Å². The van der Waals surface area contributed by atoms with Gasteiger partial charge in [-0.3, -0.25) is 4.79 Å². The average Bonchev–Trinajstić information content (AvgIpc) is 2.89. The van der Waals surface area contributed by atoms with E-state index in [0.29, 0.717) is 18.0 Å². The number of methoxy groups -OCH3 is 1. The van der Waals surface area contributed by atoms with E-state index in [0.717, 1.165) is 31.6 Å². The van der Waals surface area contributed by atoms with E-state index in [1.165, 1.54) is 4.68 Å². The van der Waals surface area contributed by atoms with E-state index < -0.39 is 0 Å². The van der Waals surface area contributed by atoms with Gasteiger partial charge in [0.25, 0.3) is 5.56 Å². The number of anilines is 1. The van der Waals surface area contributed by atoms with Gasteiger partial charge in [-0.1, -0.05) is 12.2 Å². The number of rotatable bonds is 6. The smallest absolute Gasteiger partial charge is 0.268 e. The summed E-state index contributed by atoms with van der Waals surface area (Å²) in [5.41, 5.74) is 6.20. The molecule has 2 rings (SSSR count). The van der Waals surface area contributed by atoms with Gasteiger partial charge >= 0.3 is 0 Å². The Morgan fingerprint density at radius 1 is 1.65 bits per heavy atom. The molecule has 20 heavy (non-hydrogen) atoms. The van der Waals surface area contributed by atoms with Gasteiger partial charge in [-0.25, -0.2) is 4.68 Å². The monoisotopic (exact) mass is 296 g/mol. The Balaban J connectivity index is 1.99. The molecule has 1 fully saturated rings. The molecule has 1 aromatic heterocycles. The van der Waals surface area contributed by atoms with Crippen LogP contribution in [0.2, 0.25) is 0 Å². The van der Waals surface area contributed by atoms with Crippen molar-refractivity contribution in [2.24, 2.45) is 5.73 Å². The maximum atomic E-state index is 12.0. The summed E-state index contributed by atoms with van der Waals surface area (Å²) in [6, 6.07) is 1.63. The summed E-state index contributed by atoms with van der Waals surface area (Å²) in [4.78, 5) is 14.6. The van der Waals surface area contributed by atoms with Gasteiger partial charge in [-0.05, 0) is 19.3 Å². The number of ether oxygens (including phenoxy) is 1. The Labute approximate surface area is 123 Å². The van der Waals surface area contributed by atoms with Crippen LogP contribution in [0.5, 0.6) is 0 Å². The fraction of sp³-hybridized carbons (Fsp3) is 0.615. The number of hydrogen-bond acceptors (Lipinski definition) is 5. The minimum Gasteiger partial charge on any atom is -0.393 e. The first-order valence-electron chi connectivity index (χ1n) is 6.73. The Morgan fingerprint density at radius 3 is 3.05 bits per heavy atom. The van der Waals surface area contributed by atoms with Gasteiger partial charge in [0.05, 0.1) is 23.0 Å². The first-order chi connectivity index (χ1) is 9.60. The highest BCUT2D eigenvalue weighted by Gasteiger charge is 2.22. The zero-order valence-corrected chi connectivity index (χ0v) is 12.4. The highest BCUT2D eigenvalue weighted by Crippen LogP contribution is 2.19. The fourth-order valence-electron chi connectivity index (χ4n) is 2.32. The lowest BCUT2D eigenvalue weighted by Gasteiger charge is -2.18. The molecule has 1 aromatic rings. The van der Waals surface area contributed by atoms with Gasteiger partial charge in [0.15, 0.2) is 0 Å². The van der Waals surface area contributed by atoms with Crippen LogP contribution in [0.3, 0.4) is 0 Å². The molecular weight excluding hydrogens is 276 g/mol. The highest BCUT2D eigenvalue weighted by molar-refractivity contribution is 7.80. The van der Waals surface area contributed by atoms with E-state index in [-0.39, 0.29) is 11.7 Å². The van der Waals surface area contributed by atoms with E-state index in [2.05, 4.69) is 10.00 Å². The molecule has 1 aliphatic heterocycles. The van der Waals surface area contributed by atoms with E-state index in [1.807, 2.05) is 0 Å². The van der Waals surface area contributed by atoms with Crippen LogP contribution in [-0.2, 0) is 11.3 Å². The van der Waals surface area contributed by atoms with Crippen LogP contribution in [0.1, 0.15) is 19.3 Å². The summed E-state index contributed by atoms with van der Waals surface area (Å²) >= 11 is 4.81. The fourth-order valence-corrected chi connectivity index (χ4v) is 2.47. The van der Waals surface area contributed by atoms with Crippen molar-refractivity contribution in [2.75, 3.05) is 25.1 Å². The van der Waals surface area contributed by atoms with Gasteiger partial charge in [0.2, 0.25) is 0 Å². The van der Waals surface area contributed by atoms with E-state index in [4.69, 9.17) is 22.7 Å². The van der Waals surface area contributed by atoms with Gasteiger partial charge in [0.1, 0.15) is 0 Å². The zero-order chi connectivity index (χ0) is 14.5. The van der Waals surface area contributed by atoms with Crippen molar-refractivity contribution in [1.82, 2.24) is 9.78 Å². The van der Waals surface area contributed by atoms with Crippen LogP contribution in [0.15, 0.2) is 17.1 Å². The molecule has 6 nitrogen and oxygen atoms in total. The van der Waals surface area contributed by atoms with Crippen molar-refractivity contribution < 1.29 is 4.74 Å². The largest absolute Gasteiger partial charge is 0.393 e. The highest BCUT2D eigenvalue weighted by atomic mass is 32.1. The van der Waals surface area contributed by atoms with Crippen LogP contribution < -0.4 is 16.2 Å². The third-order valence-corrected chi connectivity index (χ3v) is 3.70. The first-order valence-corrected chi connectivity index (χ1v) is 7.14. The third-order valence-electron chi connectivity index (χ3n) is 3.49. The summed E-state index contributed by atoms with van der Waals surface area (Å²) in [6.45, 7) is 2.24. The van der Waals surface area contributed by atoms with Gasteiger partial charge in [-0.15, -0.1) is 0 Å². The summed E-state index contributed by atoms with van der Waals surface area (Å²) in [5.74, 6) is 0. The molecule has 1 saturated heterocycles. The number of nitrogens with zero attached hydrogens (tertiary/aromatic N) is 3. The summed E-state index contributed by atoms with van der Waals surface area (Å²) in [7, 11) is 1.71. The van der Waals surface area contributed by atoms with Gasteiger partial charge in [-0.2, -0.15) is 5.10 Å². The Kier molecular flexibility index (Phi) is 5.08. The molecule has 0 saturated carbocycles. The van der Waals surface area contributed by atoms with E-state index in [9.17, 15) is 4.79 Å². The maximum absolute atomic E-state index is 12.0. The standard InChI is InChI=1S/C13H20N4O2S/c1-19-11-4-6-16(9-11)10-7-13(18)17(15-8-10)5-2-3-12(14)20/h7-8,11H,2-6,9H2,1H3,(H2,14,20). The second-order valence-corrected chi connectivity index (χ2v) is 5.46. The lowest BCUT2D eigenvalue weighted by atomic mass is 10.3. The van der Waals surface area contributed by atoms with Crippen LogP contribution in [0.25, 0.3) is 0 Å². The molecule has 0 radical (unpaired) electrons. The van der Waals surface area contributed by atoms with Crippen molar-refractivity contribution in [3.8, 4) is 0 Å². The van der Waals surface area contributed by atoms with Crippen LogP contribution in [0.4, 0.5) is 5.69 Å². The molecule has 110 valence electrons. The maximum Gasteiger partial charge on any atom is 0.268 e. The lowest BCUT2D eigenvalue weighted by Crippen LogP contribution is -2.27. The molecular formula is C13H20N4O2S.